The summed E-state index contributed by atoms with van der Waals surface area (Å²) in [5, 5.41) is 2.69. The number of benzene rings is 2. The van der Waals surface area contributed by atoms with Gasteiger partial charge in [-0.3, -0.25) is 9.59 Å². The molecule has 1 N–H and O–H groups in total. The van der Waals surface area contributed by atoms with Crippen molar-refractivity contribution in [3.63, 3.8) is 0 Å². The van der Waals surface area contributed by atoms with Gasteiger partial charge in [0.05, 0.1) is 5.69 Å². The minimum absolute atomic E-state index is 0.0999. The predicted molar refractivity (Wildman–Crippen MR) is 93.3 cm³/mol. The molecule has 0 fully saturated rings. The summed E-state index contributed by atoms with van der Waals surface area (Å²) in [5.74, 6) is -0.255. The molecule has 2 aromatic carbocycles. The number of rotatable bonds is 4. The van der Waals surface area contributed by atoms with Crippen LogP contribution in [0.5, 0.6) is 5.75 Å². The third-order valence-electron chi connectivity index (χ3n) is 4.11. The minimum Gasteiger partial charge on any atom is -0.479 e. The van der Waals surface area contributed by atoms with Gasteiger partial charge in [0, 0.05) is 18.7 Å². The second-order valence-corrected chi connectivity index (χ2v) is 5.98. The number of anilines is 2. The maximum Gasteiger partial charge on any atom is 0.267 e. The third kappa shape index (κ3) is 3.63. The van der Waals surface area contributed by atoms with Gasteiger partial charge in [-0.25, -0.2) is 4.39 Å². The molecule has 0 saturated carbocycles. The van der Waals surface area contributed by atoms with E-state index in [1.807, 2.05) is 12.1 Å². The number of halogens is 1. The van der Waals surface area contributed by atoms with E-state index in [4.69, 9.17) is 4.74 Å². The number of fused-ring (bicyclic) bond motifs is 1. The van der Waals surface area contributed by atoms with Crippen molar-refractivity contribution in [3.05, 3.63) is 53.8 Å². The Morgan fingerprint density at radius 3 is 2.84 bits per heavy atom. The molecule has 2 amide bonds. The first-order chi connectivity index (χ1) is 12.0. The predicted octanol–water partition coefficient (Wildman–Crippen LogP) is 3.28. The van der Waals surface area contributed by atoms with Crippen LogP contribution in [-0.2, 0) is 9.59 Å². The Bertz CT molecular complexity index is 822. The van der Waals surface area contributed by atoms with Crippen LogP contribution in [0.15, 0.2) is 42.5 Å². The molecule has 0 bridgehead atoms. The summed E-state index contributed by atoms with van der Waals surface area (Å²) in [6, 6.07) is 11.5. The zero-order chi connectivity index (χ0) is 18.0. The highest BCUT2D eigenvalue weighted by Crippen LogP contribution is 2.33. The minimum atomic E-state index is -0.594. The van der Waals surface area contributed by atoms with Crippen molar-refractivity contribution in [2.45, 2.75) is 26.4 Å². The molecule has 0 spiro atoms. The van der Waals surface area contributed by atoms with Gasteiger partial charge in [0.15, 0.2) is 6.10 Å². The molecule has 0 saturated heterocycles. The highest BCUT2D eigenvalue weighted by molar-refractivity contribution is 6.00. The van der Waals surface area contributed by atoms with Crippen molar-refractivity contribution in [2.24, 2.45) is 0 Å². The number of hydrogen-bond acceptors (Lipinski definition) is 3. The molecule has 1 aliphatic rings. The number of amides is 2. The quantitative estimate of drug-likeness (QED) is 0.928. The average molecular weight is 342 g/mol. The molecule has 1 heterocycles. The number of carbonyl (C=O) groups is 2. The Hall–Kier alpha value is -2.89. The lowest BCUT2D eigenvalue weighted by atomic mass is 10.1. The second kappa shape index (κ2) is 6.93. The zero-order valence-electron chi connectivity index (χ0n) is 14.1. The maximum absolute atomic E-state index is 13.3. The van der Waals surface area contributed by atoms with E-state index in [-0.39, 0.29) is 24.8 Å². The highest BCUT2D eigenvalue weighted by Gasteiger charge is 2.31. The van der Waals surface area contributed by atoms with Crippen molar-refractivity contribution < 1.29 is 18.7 Å². The lowest BCUT2D eigenvalue weighted by Crippen LogP contribution is -2.45. The average Bonchev–Trinajstić information content (AvgIpc) is 2.58. The molecule has 6 heteroatoms. The first-order valence-corrected chi connectivity index (χ1v) is 8.09. The lowest BCUT2D eigenvalue weighted by molar-refractivity contribution is -0.125. The Labute approximate surface area is 145 Å². The number of para-hydroxylation sites is 2. The number of nitrogens with one attached hydrogen (secondary N) is 1. The molecule has 1 aliphatic heterocycles. The number of ether oxygens (including phenoxy) is 1. The van der Waals surface area contributed by atoms with Crippen LogP contribution in [0.25, 0.3) is 0 Å². The molecule has 3 rings (SSSR count). The van der Waals surface area contributed by atoms with Crippen molar-refractivity contribution >= 4 is 23.2 Å². The smallest absolute Gasteiger partial charge is 0.267 e. The van der Waals surface area contributed by atoms with Crippen LogP contribution in [0.4, 0.5) is 15.8 Å². The molecule has 0 aromatic heterocycles. The molecule has 130 valence electrons. The van der Waals surface area contributed by atoms with Crippen LogP contribution in [0.3, 0.4) is 0 Å². The zero-order valence-corrected chi connectivity index (χ0v) is 14.1. The van der Waals surface area contributed by atoms with E-state index in [2.05, 4.69) is 5.32 Å². The Balaban J connectivity index is 1.69. The fraction of sp³-hybridized carbons (Fsp3) is 0.263. The van der Waals surface area contributed by atoms with E-state index in [1.54, 1.807) is 36.9 Å². The van der Waals surface area contributed by atoms with Gasteiger partial charge < -0.3 is 15.0 Å². The molecule has 1 atom stereocenters. The van der Waals surface area contributed by atoms with Gasteiger partial charge in [-0.05, 0) is 43.7 Å². The van der Waals surface area contributed by atoms with Crippen molar-refractivity contribution in [2.75, 3.05) is 16.8 Å². The molecule has 0 aliphatic carbocycles. The van der Waals surface area contributed by atoms with Crippen LogP contribution in [0.2, 0.25) is 0 Å². The summed E-state index contributed by atoms with van der Waals surface area (Å²) in [6.07, 6.45) is -0.494. The molecule has 5 nitrogen and oxygen atoms in total. The SMILES string of the molecule is Cc1ccc(F)cc1NC(=O)CCN1C(=O)C(C)Oc2ccccc21. The van der Waals surface area contributed by atoms with E-state index >= 15 is 0 Å². The first kappa shape index (κ1) is 17.0. The first-order valence-electron chi connectivity index (χ1n) is 8.09. The van der Waals surface area contributed by atoms with E-state index in [0.717, 1.165) is 5.56 Å². The maximum atomic E-state index is 13.3. The van der Waals surface area contributed by atoms with Gasteiger partial charge in [0.1, 0.15) is 11.6 Å². The van der Waals surface area contributed by atoms with Crippen molar-refractivity contribution in [1.29, 1.82) is 0 Å². The molecular weight excluding hydrogens is 323 g/mol. The standard InChI is InChI=1S/C19H19FN2O3/c1-12-7-8-14(20)11-15(12)21-18(23)9-10-22-16-5-3-4-6-17(16)25-13(2)19(22)24/h3-8,11,13H,9-10H2,1-2H3,(H,21,23). The number of nitrogens with zero attached hydrogens (tertiary/aromatic N) is 1. The number of hydrogen-bond donors (Lipinski definition) is 1. The molecule has 1 unspecified atom stereocenters. The van der Waals surface area contributed by atoms with Crippen LogP contribution < -0.4 is 15.0 Å². The number of carbonyl (C=O) groups excluding carboxylic acids is 2. The third-order valence-corrected chi connectivity index (χ3v) is 4.11. The summed E-state index contributed by atoms with van der Waals surface area (Å²) in [7, 11) is 0. The van der Waals surface area contributed by atoms with Crippen LogP contribution in [0, 0.1) is 12.7 Å². The van der Waals surface area contributed by atoms with E-state index < -0.39 is 11.9 Å². The molecule has 0 radical (unpaired) electrons. The van der Waals surface area contributed by atoms with Crippen LogP contribution >= 0.6 is 0 Å². The summed E-state index contributed by atoms with van der Waals surface area (Å²) in [5.41, 5.74) is 1.86. The monoisotopic (exact) mass is 342 g/mol. The van der Waals surface area contributed by atoms with E-state index in [9.17, 15) is 14.0 Å². The number of aryl methyl sites for hydroxylation is 1. The summed E-state index contributed by atoms with van der Waals surface area (Å²) in [4.78, 5) is 26.2. The van der Waals surface area contributed by atoms with Crippen molar-refractivity contribution in [3.8, 4) is 5.75 Å². The van der Waals surface area contributed by atoms with Crippen LogP contribution in [-0.4, -0.2) is 24.5 Å². The fourth-order valence-electron chi connectivity index (χ4n) is 2.74. The Morgan fingerprint density at radius 1 is 1.28 bits per heavy atom. The van der Waals surface area contributed by atoms with Gasteiger partial charge in [-0.15, -0.1) is 0 Å². The van der Waals surface area contributed by atoms with Gasteiger partial charge in [0.25, 0.3) is 5.91 Å². The fourth-order valence-corrected chi connectivity index (χ4v) is 2.74. The van der Waals surface area contributed by atoms with Gasteiger partial charge in [0.2, 0.25) is 5.91 Å². The summed E-state index contributed by atoms with van der Waals surface area (Å²) in [6.45, 7) is 3.70. The molecule has 2 aromatic rings. The topological polar surface area (TPSA) is 58.6 Å². The van der Waals surface area contributed by atoms with E-state index in [1.165, 1.54) is 12.1 Å². The molecule has 25 heavy (non-hydrogen) atoms. The summed E-state index contributed by atoms with van der Waals surface area (Å²) < 4.78 is 18.9. The van der Waals surface area contributed by atoms with Crippen molar-refractivity contribution in [1.82, 2.24) is 0 Å². The highest BCUT2D eigenvalue weighted by atomic mass is 19.1. The largest absolute Gasteiger partial charge is 0.479 e. The Morgan fingerprint density at radius 2 is 2.04 bits per heavy atom. The second-order valence-electron chi connectivity index (χ2n) is 5.98. The van der Waals surface area contributed by atoms with Gasteiger partial charge in [-0.2, -0.15) is 0 Å². The lowest BCUT2D eigenvalue weighted by Gasteiger charge is -2.32. The normalized spacial score (nSPS) is 16.2. The van der Waals surface area contributed by atoms with Gasteiger partial charge >= 0.3 is 0 Å². The summed E-state index contributed by atoms with van der Waals surface area (Å²) >= 11 is 0. The molecular formula is C19H19FN2O3. The van der Waals surface area contributed by atoms with Crippen LogP contribution in [0.1, 0.15) is 18.9 Å². The van der Waals surface area contributed by atoms with Gasteiger partial charge in [-0.1, -0.05) is 18.2 Å². The Kier molecular flexibility index (Phi) is 4.70. The van der Waals surface area contributed by atoms with E-state index in [0.29, 0.717) is 17.1 Å².